The molecule has 0 aromatic carbocycles. The number of hydrogen-bond acceptors (Lipinski definition) is 5. The molecule has 0 bridgehead atoms. The van der Waals surface area contributed by atoms with Crippen molar-refractivity contribution in [2.24, 2.45) is 0 Å². The lowest BCUT2D eigenvalue weighted by molar-refractivity contribution is 0.161. The molecule has 7 heteroatoms. The second-order valence-corrected chi connectivity index (χ2v) is 8.45. The van der Waals surface area contributed by atoms with Crippen molar-refractivity contribution in [1.29, 1.82) is 0 Å². The third kappa shape index (κ3) is 4.45. The number of rotatable bonds is 5. The van der Waals surface area contributed by atoms with Crippen molar-refractivity contribution in [2.45, 2.75) is 52.2 Å². The number of amides is 2. The van der Waals surface area contributed by atoms with E-state index >= 15 is 0 Å². The summed E-state index contributed by atoms with van der Waals surface area (Å²) < 4.78 is 5.42. The predicted molar refractivity (Wildman–Crippen MR) is 103 cm³/mol. The Morgan fingerprint density at radius 3 is 2.77 bits per heavy atom. The van der Waals surface area contributed by atoms with Gasteiger partial charge in [-0.1, -0.05) is 0 Å². The molecule has 26 heavy (non-hydrogen) atoms. The Bertz CT molecular complexity index is 720. The Labute approximate surface area is 159 Å². The number of carbonyl (C=O) groups is 1. The van der Waals surface area contributed by atoms with Crippen molar-refractivity contribution in [3.8, 4) is 0 Å². The van der Waals surface area contributed by atoms with Crippen molar-refractivity contribution >= 4 is 17.4 Å². The highest BCUT2D eigenvalue weighted by Crippen LogP contribution is 2.26. The monoisotopic (exact) mass is 376 g/mol. The van der Waals surface area contributed by atoms with Gasteiger partial charge in [-0.3, -0.25) is 4.90 Å². The Morgan fingerprint density at radius 1 is 1.46 bits per heavy atom. The average Bonchev–Trinajstić information content (AvgIpc) is 3.24. The van der Waals surface area contributed by atoms with Crippen LogP contribution >= 0.6 is 11.3 Å². The number of carbonyl (C=O) groups excluding carboxylic acids is 1. The molecular formula is C19H28N4O2S. The van der Waals surface area contributed by atoms with E-state index in [1.807, 2.05) is 33.0 Å². The molecule has 6 nitrogen and oxygen atoms in total. The molecule has 142 valence electrons. The molecule has 3 heterocycles. The molecule has 1 atom stereocenters. The quantitative estimate of drug-likeness (QED) is 0.864. The predicted octanol–water partition coefficient (Wildman–Crippen LogP) is 3.72. The number of thiazole rings is 1. The van der Waals surface area contributed by atoms with Crippen LogP contribution in [0.5, 0.6) is 0 Å². The molecule has 0 radical (unpaired) electrons. The molecule has 0 saturated carbocycles. The van der Waals surface area contributed by atoms with Crippen LogP contribution in [-0.2, 0) is 6.54 Å². The van der Waals surface area contributed by atoms with Crippen molar-refractivity contribution in [1.82, 2.24) is 20.1 Å². The maximum absolute atomic E-state index is 12.6. The summed E-state index contributed by atoms with van der Waals surface area (Å²) in [7, 11) is 1.85. The van der Waals surface area contributed by atoms with Gasteiger partial charge in [0.2, 0.25) is 0 Å². The maximum atomic E-state index is 12.6. The number of aryl methyl sites for hydroxylation is 2. The third-order valence-electron chi connectivity index (χ3n) is 5.11. The fraction of sp³-hybridized carbons (Fsp3) is 0.579. The van der Waals surface area contributed by atoms with Gasteiger partial charge in [0, 0.05) is 31.1 Å². The summed E-state index contributed by atoms with van der Waals surface area (Å²) in [6, 6.07) is 4.10. The topological polar surface area (TPSA) is 61.6 Å². The van der Waals surface area contributed by atoms with E-state index in [1.54, 1.807) is 22.5 Å². The number of hydrogen-bond donors (Lipinski definition) is 1. The summed E-state index contributed by atoms with van der Waals surface area (Å²) in [4.78, 5) is 22.5. The number of nitrogens with zero attached hydrogens (tertiary/aromatic N) is 3. The van der Waals surface area contributed by atoms with E-state index in [4.69, 9.17) is 4.42 Å². The van der Waals surface area contributed by atoms with E-state index in [-0.39, 0.29) is 18.1 Å². The average molecular weight is 377 g/mol. The summed E-state index contributed by atoms with van der Waals surface area (Å²) in [5.41, 5.74) is 0.999. The molecule has 3 rings (SSSR count). The summed E-state index contributed by atoms with van der Waals surface area (Å²) in [6.45, 7) is 8.88. The first-order chi connectivity index (χ1) is 12.4. The van der Waals surface area contributed by atoms with Crippen molar-refractivity contribution < 1.29 is 9.21 Å². The van der Waals surface area contributed by atoms with Crippen molar-refractivity contribution in [2.75, 3.05) is 20.1 Å². The molecule has 2 aromatic rings. The zero-order valence-electron chi connectivity index (χ0n) is 16.0. The molecule has 1 aliphatic heterocycles. The lowest BCUT2D eigenvalue weighted by atomic mass is 10.1. The minimum Gasteiger partial charge on any atom is -0.468 e. The van der Waals surface area contributed by atoms with Gasteiger partial charge in [0.05, 0.1) is 29.6 Å². The van der Waals surface area contributed by atoms with E-state index in [2.05, 4.69) is 22.1 Å². The van der Waals surface area contributed by atoms with Crippen LogP contribution in [0.1, 0.15) is 47.1 Å². The number of aromatic nitrogens is 1. The first-order valence-electron chi connectivity index (χ1n) is 9.16. The van der Waals surface area contributed by atoms with Crippen LogP contribution in [0.15, 0.2) is 22.8 Å². The van der Waals surface area contributed by atoms with Crippen LogP contribution in [0.2, 0.25) is 0 Å². The highest BCUT2D eigenvalue weighted by Gasteiger charge is 2.26. The van der Waals surface area contributed by atoms with Gasteiger partial charge >= 0.3 is 6.03 Å². The first kappa shape index (κ1) is 18.9. The van der Waals surface area contributed by atoms with E-state index < -0.39 is 0 Å². The van der Waals surface area contributed by atoms with Gasteiger partial charge in [-0.05, 0) is 45.7 Å². The fourth-order valence-corrected chi connectivity index (χ4v) is 4.33. The van der Waals surface area contributed by atoms with Crippen molar-refractivity contribution in [3.63, 3.8) is 0 Å². The van der Waals surface area contributed by atoms with Crippen molar-refractivity contribution in [3.05, 3.63) is 39.7 Å². The third-order valence-corrected chi connectivity index (χ3v) is 6.01. The standard InChI is InChI=1S/C19H28N4O2S/c1-13(18-14(2)26-15(3)20-18)22(4)19(24)21-16-7-9-23(10-8-16)12-17-6-5-11-25-17/h5-6,11,13,16H,7-10,12H2,1-4H3,(H,21,24). The van der Waals surface area contributed by atoms with E-state index in [9.17, 15) is 4.79 Å². The Hall–Kier alpha value is -1.86. The second kappa shape index (κ2) is 8.22. The highest BCUT2D eigenvalue weighted by atomic mass is 32.1. The summed E-state index contributed by atoms with van der Waals surface area (Å²) in [5, 5.41) is 4.23. The molecular weight excluding hydrogens is 348 g/mol. The molecule has 1 N–H and O–H groups in total. The molecule has 0 spiro atoms. The smallest absolute Gasteiger partial charge is 0.317 e. The zero-order chi connectivity index (χ0) is 18.7. The Kier molecular flexibility index (Phi) is 5.98. The molecule has 0 aliphatic carbocycles. The Balaban J connectivity index is 1.48. The number of urea groups is 1. The normalized spacial score (nSPS) is 17.2. The van der Waals surface area contributed by atoms with Gasteiger partial charge in [0.1, 0.15) is 5.76 Å². The molecule has 1 saturated heterocycles. The van der Waals surface area contributed by atoms with Gasteiger partial charge in [-0.25, -0.2) is 9.78 Å². The molecule has 1 unspecified atom stereocenters. The van der Waals surface area contributed by atoms with Gasteiger partial charge in [-0.2, -0.15) is 0 Å². The molecule has 1 fully saturated rings. The van der Waals surface area contributed by atoms with Crippen LogP contribution in [0.25, 0.3) is 0 Å². The van der Waals surface area contributed by atoms with E-state index in [0.29, 0.717) is 0 Å². The first-order valence-corrected chi connectivity index (χ1v) is 9.97. The minimum atomic E-state index is -0.0287. The zero-order valence-corrected chi connectivity index (χ0v) is 16.8. The summed E-state index contributed by atoms with van der Waals surface area (Å²) in [6.07, 6.45) is 3.64. The highest BCUT2D eigenvalue weighted by molar-refractivity contribution is 7.11. The van der Waals surface area contributed by atoms with Crippen LogP contribution in [0.4, 0.5) is 4.79 Å². The number of furan rings is 1. The van der Waals surface area contributed by atoms with Crippen LogP contribution in [0, 0.1) is 13.8 Å². The lowest BCUT2D eigenvalue weighted by Gasteiger charge is -2.33. The molecule has 1 aliphatic rings. The largest absolute Gasteiger partial charge is 0.468 e. The molecule has 2 aromatic heterocycles. The second-order valence-electron chi connectivity index (χ2n) is 7.04. The number of nitrogens with one attached hydrogen (secondary N) is 1. The maximum Gasteiger partial charge on any atom is 0.317 e. The van der Waals surface area contributed by atoms with Gasteiger partial charge in [0.25, 0.3) is 0 Å². The minimum absolute atomic E-state index is 0.0213. The fourth-order valence-electron chi connectivity index (χ4n) is 3.43. The Morgan fingerprint density at radius 2 is 2.19 bits per heavy atom. The van der Waals surface area contributed by atoms with Gasteiger partial charge < -0.3 is 14.6 Å². The van der Waals surface area contributed by atoms with Crippen LogP contribution in [0.3, 0.4) is 0 Å². The van der Waals surface area contributed by atoms with Crippen LogP contribution < -0.4 is 5.32 Å². The number of piperidine rings is 1. The lowest BCUT2D eigenvalue weighted by Crippen LogP contribution is -2.48. The molecule has 2 amide bonds. The van der Waals surface area contributed by atoms with Gasteiger partial charge in [0.15, 0.2) is 0 Å². The summed E-state index contributed by atoms with van der Waals surface area (Å²) >= 11 is 1.68. The van der Waals surface area contributed by atoms with E-state index in [0.717, 1.165) is 48.9 Å². The SMILES string of the molecule is Cc1nc(C(C)N(C)C(=O)NC2CCN(Cc3ccco3)CC2)c(C)s1. The van der Waals surface area contributed by atoms with Gasteiger partial charge in [-0.15, -0.1) is 11.3 Å². The summed E-state index contributed by atoms with van der Waals surface area (Å²) in [5.74, 6) is 0.995. The number of likely N-dealkylation sites (tertiary alicyclic amines) is 1. The van der Waals surface area contributed by atoms with Crippen LogP contribution in [-0.4, -0.2) is 47.0 Å². The van der Waals surface area contributed by atoms with E-state index in [1.165, 1.54) is 4.88 Å².